The Kier molecular flexibility index (Phi) is 2.76. The Morgan fingerprint density at radius 3 is 2.88 bits per heavy atom. The van der Waals surface area contributed by atoms with E-state index in [0.29, 0.717) is 0 Å². The van der Waals surface area contributed by atoms with Crippen molar-refractivity contribution in [2.75, 3.05) is 13.2 Å². The molecule has 2 heterocycles. The summed E-state index contributed by atoms with van der Waals surface area (Å²) in [6, 6.07) is 8.12. The number of benzene rings is 1. The van der Waals surface area contributed by atoms with Crippen molar-refractivity contribution in [1.29, 1.82) is 0 Å². The Labute approximate surface area is 98.0 Å². The minimum absolute atomic E-state index is 0.273. The van der Waals surface area contributed by atoms with Crippen molar-refractivity contribution in [3.63, 3.8) is 0 Å². The van der Waals surface area contributed by atoms with Crippen molar-refractivity contribution >= 4 is 21.6 Å². The predicted octanol–water partition coefficient (Wildman–Crippen LogP) is 2.85. The molecule has 0 atom stereocenters. The molecular formula is C12H13NO2S. The minimum atomic E-state index is 0.273. The molecule has 2 aromatic rings. The molecular weight excluding hydrogens is 222 g/mol. The number of fused-ring (bicyclic) bond motifs is 1. The molecule has 16 heavy (non-hydrogen) atoms. The van der Waals surface area contributed by atoms with Crippen LogP contribution in [0.3, 0.4) is 0 Å². The van der Waals surface area contributed by atoms with E-state index in [1.807, 2.05) is 18.2 Å². The first-order chi connectivity index (χ1) is 7.92. The zero-order valence-corrected chi connectivity index (χ0v) is 9.70. The predicted molar refractivity (Wildman–Crippen MR) is 64.1 cm³/mol. The second kappa shape index (κ2) is 4.39. The Morgan fingerprint density at radius 2 is 2.06 bits per heavy atom. The maximum atomic E-state index is 5.87. The van der Waals surface area contributed by atoms with E-state index >= 15 is 0 Å². The van der Waals surface area contributed by atoms with Gasteiger partial charge < -0.3 is 9.47 Å². The van der Waals surface area contributed by atoms with Crippen LogP contribution >= 0.6 is 11.3 Å². The Hall–Kier alpha value is -1.13. The quantitative estimate of drug-likeness (QED) is 0.802. The van der Waals surface area contributed by atoms with Gasteiger partial charge in [-0.3, -0.25) is 0 Å². The number of hydrogen-bond donors (Lipinski definition) is 0. The minimum Gasteiger partial charge on any atom is -0.467 e. The summed E-state index contributed by atoms with van der Waals surface area (Å²) in [5, 5.41) is 0.785. The lowest BCUT2D eigenvalue weighted by atomic mass is 10.2. The smallest absolute Gasteiger partial charge is 0.274 e. The zero-order valence-electron chi connectivity index (χ0n) is 8.89. The fraction of sp³-hybridized carbons (Fsp3) is 0.417. The van der Waals surface area contributed by atoms with Crippen molar-refractivity contribution in [2.45, 2.75) is 18.9 Å². The highest BCUT2D eigenvalue weighted by Crippen LogP contribution is 2.29. The maximum absolute atomic E-state index is 5.87. The van der Waals surface area contributed by atoms with Gasteiger partial charge in [0.15, 0.2) is 0 Å². The van der Waals surface area contributed by atoms with Crippen LogP contribution in [0.5, 0.6) is 5.19 Å². The molecule has 0 aliphatic carbocycles. The molecule has 0 radical (unpaired) electrons. The van der Waals surface area contributed by atoms with Gasteiger partial charge in [0.05, 0.1) is 23.4 Å². The summed E-state index contributed by atoms with van der Waals surface area (Å²) in [7, 11) is 0. The molecule has 4 heteroatoms. The van der Waals surface area contributed by atoms with E-state index in [1.165, 1.54) is 4.70 Å². The van der Waals surface area contributed by atoms with Gasteiger partial charge in [-0.05, 0) is 12.1 Å². The van der Waals surface area contributed by atoms with Gasteiger partial charge in [-0.15, -0.1) is 0 Å². The molecule has 1 aromatic heterocycles. The lowest BCUT2D eigenvalue weighted by Crippen LogP contribution is -2.25. The number of ether oxygens (including phenoxy) is 2. The standard InChI is InChI=1S/C12H13NO2S/c1-2-4-11-10(3-1)13-12(16-11)15-9-5-7-14-8-6-9/h1-4,9H,5-8H2. The molecule has 0 bridgehead atoms. The first kappa shape index (κ1) is 10.1. The van der Waals surface area contributed by atoms with Crippen LogP contribution in [0.1, 0.15) is 12.8 Å². The second-order valence-corrected chi connectivity index (χ2v) is 4.87. The molecule has 84 valence electrons. The topological polar surface area (TPSA) is 31.4 Å². The SMILES string of the molecule is c1ccc2sc(OC3CCOCC3)nc2c1. The number of aromatic nitrogens is 1. The van der Waals surface area contributed by atoms with E-state index in [4.69, 9.17) is 9.47 Å². The average Bonchev–Trinajstić information content (AvgIpc) is 2.72. The van der Waals surface area contributed by atoms with Gasteiger partial charge in [-0.1, -0.05) is 23.5 Å². The van der Waals surface area contributed by atoms with Gasteiger partial charge in [0.2, 0.25) is 0 Å². The fourth-order valence-electron chi connectivity index (χ4n) is 1.84. The van der Waals surface area contributed by atoms with Gasteiger partial charge in [-0.25, -0.2) is 4.98 Å². The summed E-state index contributed by atoms with van der Waals surface area (Å²) >= 11 is 1.62. The first-order valence-electron chi connectivity index (χ1n) is 5.52. The highest BCUT2D eigenvalue weighted by atomic mass is 32.1. The maximum Gasteiger partial charge on any atom is 0.274 e. The van der Waals surface area contributed by atoms with E-state index in [2.05, 4.69) is 11.1 Å². The van der Waals surface area contributed by atoms with E-state index < -0.39 is 0 Å². The molecule has 0 spiro atoms. The molecule has 1 aliphatic rings. The number of thiazole rings is 1. The third kappa shape index (κ3) is 2.03. The monoisotopic (exact) mass is 235 g/mol. The van der Waals surface area contributed by atoms with E-state index in [-0.39, 0.29) is 6.10 Å². The van der Waals surface area contributed by atoms with Crippen LogP contribution in [0.4, 0.5) is 0 Å². The van der Waals surface area contributed by atoms with Gasteiger partial charge >= 0.3 is 0 Å². The molecule has 0 N–H and O–H groups in total. The van der Waals surface area contributed by atoms with Crippen LogP contribution in [0.15, 0.2) is 24.3 Å². The Morgan fingerprint density at radius 1 is 1.25 bits per heavy atom. The zero-order chi connectivity index (χ0) is 10.8. The molecule has 0 saturated carbocycles. The van der Waals surface area contributed by atoms with Gasteiger partial charge in [0.25, 0.3) is 5.19 Å². The summed E-state index contributed by atoms with van der Waals surface area (Å²) in [4.78, 5) is 4.46. The van der Waals surface area contributed by atoms with E-state index in [1.54, 1.807) is 11.3 Å². The normalized spacial score (nSPS) is 17.8. The molecule has 1 saturated heterocycles. The van der Waals surface area contributed by atoms with Gasteiger partial charge in [-0.2, -0.15) is 0 Å². The summed E-state index contributed by atoms with van der Waals surface area (Å²) in [6.07, 6.45) is 2.21. The van der Waals surface area contributed by atoms with Crippen molar-refractivity contribution < 1.29 is 9.47 Å². The highest BCUT2D eigenvalue weighted by molar-refractivity contribution is 7.20. The van der Waals surface area contributed by atoms with Crippen molar-refractivity contribution in [3.05, 3.63) is 24.3 Å². The number of para-hydroxylation sites is 1. The van der Waals surface area contributed by atoms with Gasteiger partial charge in [0, 0.05) is 12.8 Å². The second-order valence-electron chi connectivity index (χ2n) is 3.88. The number of hydrogen-bond acceptors (Lipinski definition) is 4. The third-order valence-corrected chi connectivity index (χ3v) is 3.64. The molecule has 0 amide bonds. The molecule has 0 unspecified atom stereocenters. The van der Waals surface area contributed by atoms with E-state index in [0.717, 1.165) is 36.8 Å². The molecule has 3 nitrogen and oxygen atoms in total. The largest absolute Gasteiger partial charge is 0.467 e. The summed E-state index contributed by atoms with van der Waals surface area (Å²) in [6.45, 7) is 1.60. The average molecular weight is 235 g/mol. The summed E-state index contributed by atoms with van der Waals surface area (Å²) < 4.78 is 12.4. The van der Waals surface area contributed by atoms with Gasteiger partial charge in [0.1, 0.15) is 6.10 Å². The fourth-order valence-corrected chi connectivity index (χ4v) is 2.72. The van der Waals surface area contributed by atoms with Crippen LogP contribution < -0.4 is 4.74 Å². The summed E-state index contributed by atoms with van der Waals surface area (Å²) in [5.74, 6) is 0. The lowest BCUT2D eigenvalue weighted by molar-refractivity contribution is 0.0255. The van der Waals surface area contributed by atoms with Crippen LogP contribution in [0.25, 0.3) is 10.2 Å². The number of rotatable bonds is 2. The molecule has 1 aromatic carbocycles. The lowest BCUT2D eigenvalue weighted by Gasteiger charge is -2.21. The first-order valence-corrected chi connectivity index (χ1v) is 6.33. The molecule has 1 aliphatic heterocycles. The van der Waals surface area contributed by atoms with Crippen molar-refractivity contribution in [3.8, 4) is 5.19 Å². The highest BCUT2D eigenvalue weighted by Gasteiger charge is 2.16. The Bertz CT molecular complexity index is 444. The molecule has 3 rings (SSSR count). The van der Waals surface area contributed by atoms with Crippen molar-refractivity contribution in [2.24, 2.45) is 0 Å². The molecule has 1 fully saturated rings. The van der Waals surface area contributed by atoms with Crippen LogP contribution in [-0.4, -0.2) is 24.3 Å². The van der Waals surface area contributed by atoms with Crippen LogP contribution in [-0.2, 0) is 4.74 Å². The van der Waals surface area contributed by atoms with Crippen molar-refractivity contribution in [1.82, 2.24) is 4.98 Å². The third-order valence-electron chi connectivity index (χ3n) is 2.71. The van der Waals surface area contributed by atoms with Crippen LogP contribution in [0.2, 0.25) is 0 Å². The summed E-state index contributed by atoms with van der Waals surface area (Å²) in [5.41, 5.74) is 1.02. The van der Waals surface area contributed by atoms with Crippen LogP contribution in [0, 0.1) is 0 Å². The van der Waals surface area contributed by atoms with E-state index in [9.17, 15) is 0 Å². The Balaban J connectivity index is 1.78. The number of nitrogens with zero attached hydrogens (tertiary/aromatic N) is 1.